The van der Waals surface area contributed by atoms with Crippen LogP contribution in [0.3, 0.4) is 0 Å². The first kappa shape index (κ1) is 22.2. The van der Waals surface area contributed by atoms with E-state index in [4.69, 9.17) is 5.11 Å². The molecule has 0 bridgehead atoms. The number of hydrogen-bond donors (Lipinski definition) is 9. The summed E-state index contributed by atoms with van der Waals surface area (Å²) in [4.78, 5) is 0. The minimum Gasteiger partial charge on any atom is -0.394 e. The smallest absolute Gasteiger partial charge is 0.151 e. The summed E-state index contributed by atoms with van der Waals surface area (Å²) in [6.45, 7) is 7.43. The zero-order valence-corrected chi connectivity index (χ0v) is 15.1. The molecule has 1 aliphatic rings. The predicted molar refractivity (Wildman–Crippen MR) is 91.4 cm³/mol. The van der Waals surface area contributed by atoms with E-state index in [1.807, 2.05) is 0 Å². The summed E-state index contributed by atoms with van der Waals surface area (Å²) >= 11 is 0. The first-order chi connectivity index (χ1) is 11.4. The van der Waals surface area contributed by atoms with Crippen molar-refractivity contribution in [1.29, 1.82) is 0 Å². The first-order valence-electron chi connectivity index (χ1n) is 8.25. The standard InChI is InChI=1S/C15H32N4O6/c1-14(2)5-8(6-15(3,4)18-14)16-19-17-13(25)12(24)11(23)10(22)9(21)7-20/h9-13,17-25H,5-7H2,1-4H3. The average molecular weight is 364 g/mol. The van der Waals surface area contributed by atoms with Gasteiger partial charge in [0.05, 0.1) is 6.61 Å². The van der Waals surface area contributed by atoms with Crippen molar-refractivity contribution in [3.63, 3.8) is 0 Å². The lowest BCUT2D eigenvalue weighted by Gasteiger charge is -2.43. The molecule has 0 aromatic heterocycles. The van der Waals surface area contributed by atoms with Crippen LogP contribution in [0, 0.1) is 0 Å². The minimum atomic E-state index is -1.86. The monoisotopic (exact) mass is 364 g/mol. The molecule has 1 rings (SSSR count). The van der Waals surface area contributed by atoms with E-state index >= 15 is 0 Å². The van der Waals surface area contributed by atoms with Gasteiger partial charge in [0.15, 0.2) is 6.23 Å². The normalized spacial score (nSPS) is 25.6. The molecule has 10 nitrogen and oxygen atoms in total. The van der Waals surface area contributed by atoms with Crippen molar-refractivity contribution >= 4 is 5.71 Å². The Morgan fingerprint density at radius 1 is 0.960 bits per heavy atom. The van der Waals surface area contributed by atoms with E-state index in [-0.39, 0.29) is 11.1 Å². The molecule has 5 atom stereocenters. The van der Waals surface area contributed by atoms with Crippen LogP contribution in [0.2, 0.25) is 0 Å². The highest BCUT2D eigenvalue weighted by molar-refractivity contribution is 5.87. The van der Waals surface area contributed by atoms with Gasteiger partial charge in [0.1, 0.15) is 24.4 Å². The average Bonchev–Trinajstić information content (AvgIpc) is 2.48. The maximum Gasteiger partial charge on any atom is 0.151 e. The van der Waals surface area contributed by atoms with Crippen LogP contribution >= 0.6 is 0 Å². The molecule has 9 N–H and O–H groups in total. The van der Waals surface area contributed by atoms with Gasteiger partial charge in [-0.3, -0.25) is 0 Å². The maximum absolute atomic E-state index is 9.81. The molecule has 0 aromatic carbocycles. The Bertz CT molecular complexity index is 441. The van der Waals surface area contributed by atoms with E-state index in [2.05, 4.69) is 49.1 Å². The van der Waals surface area contributed by atoms with E-state index in [0.717, 1.165) is 5.71 Å². The third-order valence-electron chi connectivity index (χ3n) is 4.00. The number of nitrogens with one attached hydrogen (secondary N) is 3. The van der Waals surface area contributed by atoms with Gasteiger partial charge >= 0.3 is 0 Å². The summed E-state index contributed by atoms with van der Waals surface area (Å²) in [6, 6.07) is 0. The predicted octanol–water partition coefficient (Wildman–Crippen LogP) is -2.87. The fourth-order valence-corrected chi connectivity index (χ4v) is 3.15. The molecule has 0 aromatic rings. The number of aliphatic hydroxyl groups excluding tert-OH is 6. The van der Waals surface area contributed by atoms with E-state index < -0.39 is 37.3 Å². The number of piperidine rings is 1. The summed E-state index contributed by atoms with van der Waals surface area (Å²) in [7, 11) is 0. The van der Waals surface area contributed by atoms with Crippen molar-refractivity contribution in [2.75, 3.05) is 6.61 Å². The first-order valence-corrected chi connectivity index (χ1v) is 8.25. The van der Waals surface area contributed by atoms with Crippen molar-refractivity contribution in [2.45, 2.75) is 82.3 Å². The Balaban J connectivity index is 2.56. The number of nitrogens with zero attached hydrogens (tertiary/aromatic N) is 1. The van der Waals surface area contributed by atoms with Crippen LogP contribution < -0.4 is 16.3 Å². The number of hydrazone groups is 1. The van der Waals surface area contributed by atoms with Crippen LogP contribution in [0.25, 0.3) is 0 Å². The highest BCUT2D eigenvalue weighted by Crippen LogP contribution is 2.26. The van der Waals surface area contributed by atoms with Crippen molar-refractivity contribution in [3.8, 4) is 0 Å². The fourth-order valence-electron chi connectivity index (χ4n) is 3.15. The Kier molecular flexibility index (Phi) is 7.71. The number of hydrazine groups is 1. The molecule has 0 radical (unpaired) electrons. The minimum absolute atomic E-state index is 0.138. The van der Waals surface area contributed by atoms with Gasteiger partial charge in [-0.2, -0.15) is 10.5 Å². The molecule has 0 aliphatic carbocycles. The number of aliphatic hydroxyl groups is 6. The molecule has 5 unspecified atom stereocenters. The Morgan fingerprint density at radius 3 is 1.96 bits per heavy atom. The molecule has 1 heterocycles. The van der Waals surface area contributed by atoms with Crippen LogP contribution in [0.1, 0.15) is 40.5 Å². The summed E-state index contributed by atoms with van der Waals surface area (Å²) in [5.74, 6) is 0. The van der Waals surface area contributed by atoms with Crippen LogP contribution in [-0.4, -0.2) is 84.7 Å². The van der Waals surface area contributed by atoms with Gasteiger partial charge in [0.25, 0.3) is 0 Å². The van der Waals surface area contributed by atoms with E-state index in [9.17, 15) is 25.5 Å². The zero-order chi connectivity index (χ0) is 19.4. The van der Waals surface area contributed by atoms with Crippen LogP contribution in [0.15, 0.2) is 5.10 Å². The highest BCUT2D eigenvalue weighted by atomic mass is 16.4. The lowest BCUT2D eigenvalue weighted by atomic mass is 9.81. The summed E-state index contributed by atoms with van der Waals surface area (Å²) in [6.07, 6.45) is -7.41. The summed E-state index contributed by atoms with van der Waals surface area (Å²) in [5, 5.41) is 64.5. The molecule has 0 saturated carbocycles. The zero-order valence-electron chi connectivity index (χ0n) is 15.1. The molecule has 10 heteroatoms. The molecular formula is C15H32N4O6. The molecule has 0 spiro atoms. The molecule has 148 valence electrons. The Morgan fingerprint density at radius 2 is 1.48 bits per heavy atom. The third kappa shape index (κ3) is 6.76. The van der Waals surface area contributed by atoms with Crippen LogP contribution in [-0.2, 0) is 0 Å². The highest BCUT2D eigenvalue weighted by Gasteiger charge is 2.36. The topological polar surface area (TPSA) is 170 Å². The summed E-state index contributed by atoms with van der Waals surface area (Å²) < 4.78 is 0. The van der Waals surface area contributed by atoms with E-state index in [1.165, 1.54) is 0 Å². The van der Waals surface area contributed by atoms with Crippen LogP contribution in [0.4, 0.5) is 0 Å². The van der Waals surface area contributed by atoms with E-state index in [0.29, 0.717) is 12.8 Å². The largest absolute Gasteiger partial charge is 0.394 e. The van der Waals surface area contributed by atoms with Crippen molar-refractivity contribution in [2.24, 2.45) is 5.10 Å². The molecule has 25 heavy (non-hydrogen) atoms. The lowest BCUT2D eigenvalue weighted by Crippen LogP contribution is -2.59. The van der Waals surface area contributed by atoms with Gasteiger partial charge in [-0.1, -0.05) is 0 Å². The Hall–Kier alpha value is -0.850. The van der Waals surface area contributed by atoms with Gasteiger partial charge in [-0.05, 0) is 27.7 Å². The van der Waals surface area contributed by atoms with Crippen LogP contribution in [0.5, 0.6) is 0 Å². The maximum atomic E-state index is 9.81. The number of hydrogen-bond acceptors (Lipinski definition) is 10. The number of rotatable bonds is 8. The SMILES string of the molecule is CC1(C)CC(=NNNC(O)C(O)C(O)C(O)C(O)CO)CC(C)(C)N1. The second kappa shape index (κ2) is 8.69. The van der Waals surface area contributed by atoms with Gasteiger partial charge < -0.3 is 36.0 Å². The molecule has 0 amide bonds. The van der Waals surface area contributed by atoms with Crippen molar-refractivity contribution in [3.05, 3.63) is 0 Å². The third-order valence-corrected chi connectivity index (χ3v) is 4.00. The van der Waals surface area contributed by atoms with E-state index in [1.54, 1.807) is 0 Å². The molecule has 1 aliphatic heterocycles. The van der Waals surface area contributed by atoms with Gasteiger partial charge in [-0.25, -0.2) is 5.53 Å². The van der Waals surface area contributed by atoms with Gasteiger partial charge in [0, 0.05) is 29.6 Å². The lowest BCUT2D eigenvalue weighted by molar-refractivity contribution is -0.147. The quantitative estimate of drug-likeness (QED) is 0.162. The fraction of sp³-hybridized carbons (Fsp3) is 0.933. The molecular weight excluding hydrogens is 332 g/mol. The second-order valence-corrected chi connectivity index (χ2v) is 7.85. The Labute approximate surface area is 147 Å². The van der Waals surface area contributed by atoms with Crippen molar-refractivity contribution in [1.82, 2.24) is 16.3 Å². The van der Waals surface area contributed by atoms with Crippen molar-refractivity contribution < 1.29 is 30.6 Å². The second-order valence-electron chi connectivity index (χ2n) is 7.85. The summed E-state index contributed by atoms with van der Waals surface area (Å²) in [5.41, 5.74) is 5.34. The molecule has 1 saturated heterocycles. The molecule has 1 fully saturated rings. The van der Waals surface area contributed by atoms with Gasteiger partial charge in [0.2, 0.25) is 0 Å². The van der Waals surface area contributed by atoms with Gasteiger partial charge in [-0.15, -0.1) is 0 Å².